The minimum absolute atomic E-state index is 0.0228. The van der Waals surface area contributed by atoms with Crippen LogP contribution in [0.25, 0.3) is 5.57 Å². The van der Waals surface area contributed by atoms with E-state index in [1.54, 1.807) is 17.5 Å². The van der Waals surface area contributed by atoms with Gasteiger partial charge in [-0.05, 0) is 41.8 Å². The lowest BCUT2D eigenvalue weighted by Crippen LogP contribution is -2.33. The molecule has 2 aromatic carbocycles. The minimum atomic E-state index is -4.57. The first-order valence-corrected chi connectivity index (χ1v) is 9.51. The summed E-state index contributed by atoms with van der Waals surface area (Å²) in [6.07, 6.45) is -4.57. The molecule has 3 aromatic rings. The van der Waals surface area contributed by atoms with Crippen LogP contribution in [0.2, 0.25) is 0 Å². The van der Waals surface area contributed by atoms with Crippen molar-refractivity contribution in [3.05, 3.63) is 88.0 Å². The van der Waals surface area contributed by atoms with Crippen LogP contribution in [0.5, 0.6) is 0 Å². The molecule has 0 atom stereocenters. The van der Waals surface area contributed by atoms with E-state index in [0.29, 0.717) is 9.78 Å². The first-order valence-electron chi connectivity index (χ1n) is 8.63. The Balaban J connectivity index is 1.80. The van der Waals surface area contributed by atoms with Crippen LogP contribution in [0.15, 0.2) is 71.7 Å². The summed E-state index contributed by atoms with van der Waals surface area (Å²) < 4.78 is 53.4. The molecule has 0 saturated carbocycles. The van der Waals surface area contributed by atoms with Crippen molar-refractivity contribution in [2.75, 3.05) is 10.2 Å². The first-order chi connectivity index (χ1) is 14.3. The summed E-state index contributed by atoms with van der Waals surface area (Å²) in [5.74, 6) is -2.39. The highest BCUT2D eigenvalue weighted by molar-refractivity contribution is 7.11. The van der Waals surface area contributed by atoms with Crippen molar-refractivity contribution in [3.8, 4) is 0 Å². The molecular formula is C21H12F4N2O2S. The van der Waals surface area contributed by atoms with Crippen molar-refractivity contribution in [2.45, 2.75) is 6.18 Å². The number of nitrogens with zero attached hydrogens (tertiary/aromatic N) is 1. The van der Waals surface area contributed by atoms with Gasteiger partial charge >= 0.3 is 6.18 Å². The van der Waals surface area contributed by atoms with E-state index >= 15 is 0 Å². The quantitative estimate of drug-likeness (QED) is 0.450. The Hall–Kier alpha value is -3.46. The van der Waals surface area contributed by atoms with Crippen LogP contribution in [-0.4, -0.2) is 11.8 Å². The zero-order valence-electron chi connectivity index (χ0n) is 15.0. The topological polar surface area (TPSA) is 49.4 Å². The lowest BCUT2D eigenvalue weighted by atomic mass is 10.1. The summed E-state index contributed by atoms with van der Waals surface area (Å²) in [5, 5.41) is 4.33. The van der Waals surface area contributed by atoms with Crippen molar-refractivity contribution in [1.29, 1.82) is 0 Å². The molecule has 0 spiro atoms. The molecule has 1 aromatic heterocycles. The fourth-order valence-corrected chi connectivity index (χ4v) is 3.83. The van der Waals surface area contributed by atoms with Crippen LogP contribution in [0.1, 0.15) is 10.4 Å². The maximum atomic E-state index is 14.3. The standard InChI is InChI=1S/C21H12F4N2O2S/c22-14-7-1-2-8-15(14)27-19(28)17(16-9-4-10-30-16)18(20(27)29)26-13-6-3-5-12(11-13)21(23,24)25/h1-11,26H. The molecule has 30 heavy (non-hydrogen) atoms. The summed E-state index contributed by atoms with van der Waals surface area (Å²) >= 11 is 1.18. The van der Waals surface area contributed by atoms with Gasteiger partial charge in [-0.25, -0.2) is 9.29 Å². The Morgan fingerprint density at radius 3 is 2.33 bits per heavy atom. The van der Waals surface area contributed by atoms with Gasteiger partial charge in [-0.15, -0.1) is 11.3 Å². The zero-order chi connectivity index (χ0) is 21.5. The highest BCUT2D eigenvalue weighted by Gasteiger charge is 2.42. The number of halogens is 4. The number of carbonyl (C=O) groups excluding carboxylic acids is 2. The molecule has 4 rings (SSSR count). The number of benzene rings is 2. The molecule has 0 saturated heterocycles. The minimum Gasteiger partial charge on any atom is -0.350 e. The third kappa shape index (κ3) is 3.48. The van der Waals surface area contributed by atoms with Crippen molar-refractivity contribution < 1.29 is 27.2 Å². The second kappa shape index (κ2) is 7.42. The molecule has 1 N–H and O–H groups in total. The van der Waals surface area contributed by atoms with E-state index in [0.717, 1.165) is 18.2 Å². The van der Waals surface area contributed by atoms with Gasteiger partial charge in [0.05, 0.1) is 16.8 Å². The highest BCUT2D eigenvalue weighted by atomic mass is 32.1. The predicted octanol–water partition coefficient (Wildman–Crippen LogP) is 5.30. The monoisotopic (exact) mass is 432 g/mol. The van der Waals surface area contributed by atoms with E-state index in [-0.39, 0.29) is 22.6 Å². The Labute approximate surface area is 172 Å². The number of amides is 2. The van der Waals surface area contributed by atoms with Gasteiger partial charge in [0, 0.05) is 10.6 Å². The number of para-hydroxylation sites is 1. The zero-order valence-corrected chi connectivity index (χ0v) is 15.9. The fraction of sp³-hybridized carbons (Fsp3) is 0.0476. The Bertz CT molecular complexity index is 1170. The molecule has 0 fully saturated rings. The van der Waals surface area contributed by atoms with E-state index in [1.807, 2.05) is 0 Å². The molecule has 1 aliphatic rings. The van der Waals surface area contributed by atoms with Crippen LogP contribution < -0.4 is 10.2 Å². The molecule has 0 unspecified atom stereocenters. The van der Waals surface area contributed by atoms with E-state index in [2.05, 4.69) is 5.32 Å². The molecular weight excluding hydrogens is 420 g/mol. The SMILES string of the molecule is O=C1C(Nc2cccc(C(F)(F)F)c2)=C(c2cccs2)C(=O)N1c1ccccc1F. The van der Waals surface area contributed by atoms with Crippen LogP contribution in [0.4, 0.5) is 28.9 Å². The second-order valence-electron chi connectivity index (χ2n) is 6.33. The number of imide groups is 1. The lowest BCUT2D eigenvalue weighted by molar-refractivity contribution is -0.137. The van der Waals surface area contributed by atoms with Gasteiger partial charge in [0.2, 0.25) is 0 Å². The fourth-order valence-electron chi connectivity index (χ4n) is 3.06. The molecule has 2 amide bonds. The van der Waals surface area contributed by atoms with Crippen molar-refractivity contribution in [3.63, 3.8) is 0 Å². The van der Waals surface area contributed by atoms with Gasteiger partial charge in [0.25, 0.3) is 11.8 Å². The van der Waals surface area contributed by atoms with Gasteiger partial charge in [0.15, 0.2) is 0 Å². The molecule has 0 aliphatic carbocycles. The van der Waals surface area contributed by atoms with Crippen LogP contribution in [0.3, 0.4) is 0 Å². The maximum absolute atomic E-state index is 14.3. The summed E-state index contributed by atoms with van der Waals surface area (Å²) in [5.41, 5.74) is -1.41. The van der Waals surface area contributed by atoms with Gasteiger partial charge in [0.1, 0.15) is 11.5 Å². The molecule has 1 aliphatic heterocycles. The molecule has 4 nitrogen and oxygen atoms in total. The van der Waals surface area contributed by atoms with E-state index in [9.17, 15) is 27.2 Å². The average Bonchev–Trinajstić information content (AvgIpc) is 3.30. The number of carbonyl (C=O) groups is 2. The molecule has 0 radical (unpaired) electrons. The van der Waals surface area contributed by atoms with Crippen molar-refractivity contribution in [1.82, 2.24) is 0 Å². The van der Waals surface area contributed by atoms with E-state index in [1.165, 1.54) is 41.7 Å². The predicted molar refractivity (Wildman–Crippen MR) is 105 cm³/mol. The Kier molecular flexibility index (Phi) is 4.90. The molecule has 2 heterocycles. The number of nitrogens with one attached hydrogen (secondary N) is 1. The van der Waals surface area contributed by atoms with E-state index in [4.69, 9.17) is 0 Å². The first kappa shape index (κ1) is 19.8. The normalized spacial score (nSPS) is 14.6. The van der Waals surface area contributed by atoms with Gasteiger partial charge in [-0.1, -0.05) is 24.3 Å². The number of alkyl halides is 3. The lowest BCUT2D eigenvalue weighted by Gasteiger charge is -2.16. The van der Waals surface area contributed by atoms with Crippen molar-refractivity contribution in [2.24, 2.45) is 0 Å². The molecule has 9 heteroatoms. The Morgan fingerprint density at radius 2 is 1.67 bits per heavy atom. The maximum Gasteiger partial charge on any atom is 0.416 e. The number of hydrogen-bond donors (Lipinski definition) is 1. The summed E-state index contributed by atoms with van der Waals surface area (Å²) in [6, 6.07) is 12.8. The average molecular weight is 432 g/mol. The number of rotatable bonds is 4. The third-order valence-electron chi connectivity index (χ3n) is 4.40. The van der Waals surface area contributed by atoms with Crippen LogP contribution in [0, 0.1) is 5.82 Å². The summed E-state index contributed by atoms with van der Waals surface area (Å²) in [7, 11) is 0. The number of thiophene rings is 1. The second-order valence-corrected chi connectivity index (χ2v) is 7.28. The van der Waals surface area contributed by atoms with Gasteiger partial charge < -0.3 is 5.32 Å². The van der Waals surface area contributed by atoms with Crippen LogP contribution >= 0.6 is 11.3 Å². The summed E-state index contributed by atoms with van der Waals surface area (Å²) in [6.45, 7) is 0. The highest BCUT2D eigenvalue weighted by Crippen LogP contribution is 2.37. The Morgan fingerprint density at radius 1 is 0.900 bits per heavy atom. The molecule has 152 valence electrons. The number of anilines is 2. The molecule has 0 bridgehead atoms. The van der Waals surface area contributed by atoms with Crippen molar-refractivity contribution >= 4 is 40.1 Å². The summed E-state index contributed by atoms with van der Waals surface area (Å²) in [4.78, 5) is 27.2. The third-order valence-corrected chi connectivity index (χ3v) is 5.29. The van der Waals surface area contributed by atoms with E-state index < -0.39 is 29.4 Å². The smallest absolute Gasteiger partial charge is 0.350 e. The van der Waals surface area contributed by atoms with Crippen LogP contribution in [-0.2, 0) is 15.8 Å². The van der Waals surface area contributed by atoms with Gasteiger partial charge in [-0.3, -0.25) is 9.59 Å². The largest absolute Gasteiger partial charge is 0.416 e. The number of hydrogen-bond acceptors (Lipinski definition) is 4. The van der Waals surface area contributed by atoms with Gasteiger partial charge in [-0.2, -0.15) is 13.2 Å².